The number of amides is 1. The minimum absolute atomic E-state index is 0.0904. The monoisotopic (exact) mass is 284 g/mol. The van der Waals surface area contributed by atoms with Crippen molar-refractivity contribution in [2.45, 2.75) is 6.92 Å². The van der Waals surface area contributed by atoms with E-state index in [0.717, 1.165) is 5.56 Å². The Bertz CT molecular complexity index is 710. The fourth-order valence-corrected chi connectivity index (χ4v) is 2.07. The highest BCUT2D eigenvalue weighted by Gasteiger charge is 2.16. The second kappa shape index (κ2) is 5.66. The topological polar surface area (TPSA) is 83.6 Å². The quantitative estimate of drug-likeness (QED) is 0.848. The van der Waals surface area contributed by atoms with Crippen LogP contribution in [0.4, 0.5) is 11.4 Å². The van der Waals surface area contributed by atoms with Gasteiger partial charge in [-0.25, -0.2) is 4.79 Å². The first kappa shape index (κ1) is 14.6. The molecule has 5 heteroatoms. The van der Waals surface area contributed by atoms with Gasteiger partial charge in [-0.3, -0.25) is 4.79 Å². The average molecular weight is 284 g/mol. The number of carboxylic acid groups (broad SMARTS) is 1. The van der Waals surface area contributed by atoms with Crippen LogP contribution in [0.2, 0.25) is 0 Å². The molecule has 0 aliphatic rings. The molecule has 0 saturated heterocycles. The van der Waals surface area contributed by atoms with Crippen molar-refractivity contribution in [3.63, 3.8) is 0 Å². The van der Waals surface area contributed by atoms with Crippen LogP contribution in [0.5, 0.6) is 0 Å². The molecule has 0 unspecified atom stereocenters. The van der Waals surface area contributed by atoms with Gasteiger partial charge in [-0.2, -0.15) is 0 Å². The van der Waals surface area contributed by atoms with Crippen molar-refractivity contribution in [2.75, 3.05) is 17.7 Å². The number of aryl methyl sites for hydroxylation is 1. The Morgan fingerprint density at radius 2 is 1.81 bits per heavy atom. The molecule has 0 aromatic heterocycles. The van der Waals surface area contributed by atoms with Gasteiger partial charge in [0, 0.05) is 12.6 Å². The first-order chi connectivity index (χ1) is 9.90. The van der Waals surface area contributed by atoms with Crippen LogP contribution in [-0.4, -0.2) is 24.0 Å². The Labute approximate surface area is 122 Å². The maximum absolute atomic E-state index is 12.4. The van der Waals surface area contributed by atoms with E-state index in [0.29, 0.717) is 11.3 Å². The fourth-order valence-electron chi connectivity index (χ4n) is 2.07. The number of aromatic carboxylic acids is 1. The molecule has 2 aromatic rings. The Morgan fingerprint density at radius 1 is 1.10 bits per heavy atom. The largest absolute Gasteiger partial charge is 0.478 e. The van der Waals surface area contributed by atoms with Crippen molar-refractivity contribution < 1.29 is 14.7 Å². The van der Waals surface area contributed by atoms with E-state index in [1.165, 1.54) is 23.1 Å². The number of hydrogen-bond donors (Lipinski definition) is 2. The molecule has 0 radical (unpaired) electrons. The van der Waals surface area contributed by atoms with Crippen molar-refractivity contribution in [3.8, 4) is 0 Å². The summed E-state index contributed by atoms with van der Waals surface area (Å²) < 4.78 is 0. The molecule has 21 heavy (non-hydrogen) atoms. The van der Waals surface area contributed by atoms with Gasteiger partial charge in [0.2, 0.25) is 0 Å². The van der Waals surface area contributed by atoms with Crippen LogP contribution in [0.15, 0.2) is 42.5 Å². The third-order valence-electron chi connectivity index (χ3n) is 3.21. The predicted molar refractivity (Wildman–Crippen MR) is 81.7 cm³/mol. The van der Waals surface area contributed by atoms with Gasteiger partial charge in [0.05, 0.1) is 16.9 Å². The summed E-state index contributed by atoms with van der Waals surface area (Å²) in [6, 6.07) is 11.5. The summed E-state index contributed by atoms with van der Waals surface area (Å²) in [6.45, 7) is 1.91. The van der Waals surface area contributed by atoms with Gasteiger partial charge in [0.15, 0.2) is 0 Å². The summed E-state index contributed by atoms with van der Waals surface area (Å²) >= 11 is 0. The standard InChI is InChI=1S/C16H16N2O3/c1-10-4-3-5-11(8-10)15(19)18(2)14-7-6-12(16(20)21)9-13(14)17/h3-9H,17H2,1-2H3,(H,20,21). The van der Waals surface area contributed by atoms with E-state index in [2.05, 4.69) is 0 Å². The molecule has 2 aromatic carbocycles. The molecule has 1 amide bonds. The van der Waals surface area contributed by atoms with Gasteiger partial charge >= 0.3 is 5.97 Å². The van der Waals surface area contributed by atoms with Crippen LogP contribution in [0.25, 0.3) is 0 Å². The van der Waals surface area contributed by atoms with Gasteiger partial charge in [-0.05, 0) is 37.3 Å². The molecule has 0 atom stereocenters. The maximum atomic E-state index is 12.4. The molecule has 5 nitrogen and oxygen atoms in total. The van der Waals surface area contributed by atoms with E-state index < -0.39 is 5.97 Å². The first-order valence-corrected chi connectivity index (χ1v) is 6.37. The minimum Gasteiger partial charge on any atom is -0.478 e. The predicted octanol–water partition coefficient (Wildman–Crippen LogP) is 2.55. The van der Waals surface area contributed by atoms with E-state index in [4.69, 9.17) is 10.8 Å². The number of nitrogen functional groups attached to an aromatic ring is 1. The van der Waals surface area contributed by atoms with Gasteiger partial charge in [0.25, 0.3) is 5.91 Å². The summed E-state index contributed by atoms with van der Waals surface area (Å²) in [5, 5.41) is 8.92. The van der Waals surface area contributed by atoms with Crippen LogP contribution in [-0.2, 0) is 0 Å². The summed E-state index contributed by atoms with van der Waals surface area (Å²) in [6.07, 6.45) is 0. The molecule has 0 fully saturated rings. The lowest BCUT2D eigenvalue weighted by molar-refractivity contribution is 0.0697. The van der Waals surface area contributed by atoms with E-state index in [1.54, 1.807) is 19.2 Å². The molecule has 0 aliphatic heterocycles. The minimum atomic E-state index is -1.05. The lowest BCUT2D eigenvalue weighted by Gasteiger charge is -2.19. The number of carbonyl (C=O) groups excluding carboxylic acids is 1. The van der Waals surface area contributed by atoms with E-state index in [9.17, 15) is 9.59 Å². The molecule has 108 valence electrons. The number of carboxylic acids is 1. The Kier molecular flexibility index (Phi) is 3.93. The number of hydrogen-bond acceptors (Lipinski definition) is 3. The third kappa shape index (κ3) is 3.02. The molecule has 0 spiro atoms. The van der Waals surface area contributed by atoms with Crippen molar-refractivity contribution in [3.05, 3.63) is 59.2 Å². The molecule has 0 aliphatic carbocycles. The number of nitrogens with two attached hydrogens (primary N) is 1. The van der Waals surface area contributed by atoms with Crippen molar-refractivity contribution in [1.29, 1.82) is 0 Å². The molecular formula is C16H16N2O3. The van der Waals surface area contributed by atoms with Crippen LogP contribution in [0, 0.1) is 6.92 Å². The van der Waals surface area contributed by atoms with Crippen LogP contribution >= 0.6 is 0 Å². The van der Waals surface area contributed by atoms with Crippen molar-refractivity contribution in [1.82, 2.24) is 0 Å². The van der Waals surface area contributed by atoms with Crippen LogP contribution in [0.3, 0.4) is 0 Å². The number of benzene rings is 2. The molecule has 0 bridgehead atoms. The van der Waals surface area contributed by atoms with Crippen molar-refractivity contribution >= 4 is 23.3 Å². The zero-order valence-electron chi connectivity index (χ0n) is 11.8. The smallest absolute Gasteiger partial charge is 0.335 e. The number of rotatable bonds is 3. The molecule has 3 N–H and O–H groups in total. The van der Waals surface area contributed by atoms with Gasteiger partial charge in [-0.15, -0.1) is 0 Å². The normalized spacial score (nSPS) is 10.2. The summed E-state index contributed by atoms with van der Waals surface area (Å²) in [4.78, 5) is 24.7. The van der Waals surface area contributed by atoms with Crippen molar-refractivity contribution in [2.24, 2.45) is 0 Å². The van der Waals surface area contributed by atoms with E-state index in [-0.39, 0.29) is 17.2 Å². The lowest BCUT2D eigenvalue weighted by Crippen LogP contribution is -2.27. The lowest BCUT2D eigenvalue weighted by atomic mass is 10.1. The second-order valence-corrected chi connectivity index (χ2v) is 4.81. The van der Waals surface area contributed by atoms with Gasteiger partial charge in [0.1, 0.15) is 0 Å². The molecular weight excluding hydrogens is 268 g/mol. The Hall–Kier alpha value is -2.82. The number of nitrogens with zero attached hydrogens (tertiary/aromatic N) is 1. The Morgan fingerprint density at radius 3 is 2.38 bits per heavy atom. The molecule has 2 rings (SSSR count). The SMILES string of the molecule is Cc1cccc(C(=O)N(C)c2ccc(C(=O)O)cc2N)c1. The number of carbonyl (C=O) groups is 2. The highest BCUT2D eigenvalue weighted by atomic mass is 16.4. The summed E-state index contributed by atoms with van der Waals surface area (Å²) in [5.41, 5.74) is 8.21. The highest BCUT2D eigenvalue weighted by Crippen LogP contribution is 2.25. The zero-order chi connectivity index (χ0) is 15.6. The molecule has 0 heterocycles. The summed E-state index contributed by atoms with van der Waals surface area (Å²) in [7, 11) is 1.61. The zero-order valence-corrected chi connectivity index (χ0v) is 11.8. The Balaban J connectivity index is 2.33. The van der Waals surface area contributed by atoms with E-state index in [1.807, 2.05) is 19.1 Å². The first-order valence-electron chi connectivity index (χ1n) is 6.37. The van der Waals surface area contributed by atoms with E-state index >= 15 is 0 Å². The number of anilines is 2. The van der Waals surface area contributed by atoms with Gasteiger partial charge in [-0.1, -0.05) is 17.7 Å². The average Bonchev–Trinajstić information content (AvgIpc) is 2.45. The van der Waals surface area contributed by atoms with Crippen LogP contribution in [0.1, 0.15) is 26.3 Å². The fraction of sp³-hybridized carbons (Fsp3) is 0.125. The third-order valence-corrected chi connectivity index (χ3v) is 3.21. The van der Waals surface area contributed by atoms with Crippen LogP contribution < -0.4 is 10.6 Å². The molecule has 0 saturated carbocycles. The second-order valence-electron chi connectivity index (χ2n) is 4.81. The maximum Gasteiger partial charge on any atom is 0.335 e. The highest BCUT2D eigenvalue weighted by molar-refractivity contribution is 6.07. The van der Waals surface area contributed by atoms with Gasteiger partial charge < -0.3 is 15.7 Å². The summed E-state index contributed by atoms with van der Waals surface area (Å²) in [5.74, 6) is -1.26.